The number of nitrogen functional groups attached to an aromatic ring is 1. The molecule has 0 heterocycles. The van der Waals surface area contributed by atoms with Gasteiger partial charge in [-0.25, -0.2) is 8.78 Å². The highest BCUT2D eigenvalue weighted by atomic mass is 32.2. The minimum absolute atomic E-state index is 0.305. The fraction of sp³-hybridized carbons (Fsp3) is 0.0769. The van der Waals surface area contributed by atoms with E-state index < -0.39 is 11.6 Å². The predicted octanol–water partition coefficient (Wildman–Crippen LogP) is 3.84. The minimum Gasteiger partial charge on any atom is -0.397 e. The van der Waals surface area contributed by atoms with Gasteiger partial charge in [0.2, 0.25) is 0 Å². The fourth-order valence-corrected chi connectivity index (χ4v) is 1.99. The van der Waals surface area contributed by atoms with Crippen molar-refractivity contribution in [1.82, 2.24) is 0 Å². The van der Waals surface area contributed by atoms with E-state index in [0.29, 0.717) is 22.5 Å². The number of benzene rings is 2. The van der Waals surface area contributed by atoms with Gasteiger partial charge in [-0.15, -0.1) is 0 Å². The Bertz CT molecular complexity index is 593. The molecule has 0 aliphatic heterocycles. The van der Waals surface area contributed by atoms with Crippen molar-refractivity contribution in [3.63, 3.8) is 0 Å². The van der Waals surface area contributed by atoms with Crippen LogP contribution in [0.1, 0.15) is 0 Å². The summed E-state index contributed by atoms with van der Waals surface area (Å²) in [6, 6.07) is 8.47. The number of halogens is 2. The third kappa shape index (κ3) is 3.15. The zero-order valence-corrected chi connectivity index (χ0v) is 10.9. The van der Waals surface area contributed by atoms with E-state index in [1.54, 1.807) is 18.2 Å². The topological polar surface area (TPSA) is 47.3 Å². The van der Waals surface area contributed by atoms with Crippen molar-refractivity contribution in [1.29, 1.82) is 0 Å². The Morgan fingerprint density at radius 3 is 2.58 bits per heavy atom. The number of rotatable bonds is 4. The van der Waals surface area contributed by atoms with Crippen LogP contribution in [-0.4, -0.2) is 7.11 Å². The summed E-state index contributed by atoms with van der Waals surface area (Å²) in [6.07, 6.45) is 0. The van der Waals surface area contributed by atoms with Gasteiger partial charge in [-0.05, 0) is 29.8 Å². The molecule has 0 aromatic heterocycles. The van der Waals surface area contributed by atoms with Gasteiger partial charge < -0.3 is 14.6 Å². The molecule has 0 saturated heterocycles. The predicted molar refractivity (Wildman–Crippen MR) is 74.4 cm³/mol. The first-order chi connectivity index (χ1) is 9.11. The molecular formula is C13H12F2N2OS. The standard InChI is InChI=1S/C13H12F2N2OS/c1-18-19-17-13-5-2-8(6-12(13)16)10-4-3-9(14)7-11(10)15/h2-7,17H,16H2,1H3. The van der Waals surface area contributed by atoms with Crippen LogP contribution in [0.2, 0.25) is 0 Å². The fourth-order valence-electron chi connectivity index (χ4n) is 1.63. The average Bonchev–Trinajstić information content (AvgIpc) is 2.37. The summed E-state index contributed by atoms with van der Waals surface area (Å²) in [4.78, 5) is 0. The average molecular weight is 282 g/mol. The number of hydrogen-bond acceptors (Lipinski definition) is 4. The highest BCUT2D eigenvalue weighted by molar-refractivity contribution is 7.96. The molecule has 0 amide bonds. The molecule has 0 radical (unpaired) electrons. The number of nitrogens with one attached hydrogen (secondary N) is 1. The Morgan fingerprint density at radius 2 is 1.95 bits per heavy atom. The van der Waals surface area contributed by atoms with Crippen LogP contribution in [-0.2, 0) is 4.18 Å². The lowest BCUT2D eigenvalue weighted by Gasteiger charge is -2.09. The van der Waals surface area contributed by atoms with Gasteiger partial charge >= 0.3 is 0 Å². The zero-order chi connectivity index (χ0) is 13.8. The summed E-state index contributed by atoms with van der Waals surface area (Å²) in [5, 5.41) is 0. The van der Waals surface area contributed by atoms with Crippen LogP contribution in [0, 0.1) is 11.6 Å². The maximum atomic E-state index is 13.7. The number of hydrogen-bond donors (Lipinski definition) is 2. The second-order valence-electron chi connectivity index (χ2n) is 3.78. The van der Waals surface area contributed by atoms with Crippen molar-refractivity contribution in [2.75, 3.05) is 17.6 Å². The maximum Gasteiger partial charge on any atom is 0.133 e. The molecule has 6 heteroatoms. The summed E-state index contributed by atoms with van der Waals surface area (Å²) in [7, 11) is 1.52. The van der Waals surface area contributed by atoms with E-state index >= 15 is 0 Å². The minimum atomic E-state index is -0.619. The molecule has 19 heavy (non-hydrogen) atoms. The Morgan fingerprint density at radius 1 is 1.16 bits per heavy atom. The van der Waals surface area contributed by atoms with E-state index in [2.05, 4.69) is 4.72 Å². The van der Waals surface area contributed by atoms with Crippen LogP contribution in [0.4, 0.5) is 20.2 Å². The molecular weight excluding hydrogens is 270 g/mol. The van der Waals surface area contributed by atoms with Crippen molar-refractivity contribution in [3.05, 3.63) is 48.0 Å². The molecule has 0 atom stereocenters. The first-order valence-electron chi connectivity index (χ1n) is 5.42. The smallest absolute Gasteiger partial charge is 0.133 e. The Labute approximate surface area is 114 Å². The van der Waals surface area contributed by atoms with Gasteiger partial charge in [-0.2, -0.15) is 0 Å². The Balaban J connectivity index is 2.33. The van der Waals surface area contributed by atoms with Gasteiger partial charge in [0.15, 0.2) is 0 Å². The molecule has 0 aliphatic carbocycles. The summed E-state index contributed by atoms with van der Waals surface area (Å²) in [5.74, 6) is -1.23. The van der Waals surface area contributed by atoms with Gasteiger partial charge in [0.25, 0.3) is 0 Å². The van der Waals surface area contributed by atoms with Crippen molar-refractivity contribution in [3.8, 4) is 11.1 Å². The molecule has 0 unspecified atom stereocenters. The maximum absolute atomic E-state index is 13.7. The molecule has 0 aliphatic rings. The summed E-state index contributed by atoms with van der Waals surface area (Å²) >= 11 is 1.03. The molecule has 2 aromatic carbocycles. The SMILES string of the molecule is COSNc1ccc(-c2ccc(F)cc2F)cc1N. The molecule has 0 spiro atoms. The van der Waals surface area contributed by atoms with Crippen molar-refractivity contribution < 1.29 is 13.0 Å². The number of anilines is 2. The second kappa shape index (κ2) is 5.90. The Kier molecular flexibility index (Phi) is 4.24. The normalized spacial score (nSPS) is 10.5. The summed E-state index contributed by atoms with van der Waals surface area (Å²) in [5.41, 5.74) is 7.86. The molecule has 0 bridgehead atoms. The van der Waals surface area contributed by atoms with E-state index in [1.807, 2.05) is 0 Å². The first kappa shape index (κ1) is 13.6. The van der Waals surface area contributed by atoms with Crippen LogP contribution < -0.4 is 10.5 Å². The van der Waals surface area contributed by atoms with Crippen molar-refractivity contribution >= 4 is 23.6 Å². The highest BCUT2D eigenvalue weighted by Gasteiger charge is 2.08. The van der Waals surface area contributed by atoms with Crippen LogP contribution in [0.25, 0.3) is 11.1 Å². The molecule has 0 fully saturated rings. The third-order valence-electron chi connectivity index (χ3n) is 2.53. The van der Waals surface area contributed by atoms with E-state index in [9.17, 15) is 8.78 Å². The molecule has 3 nitrogen and oxygen atoms in total. The van der Waals surface area contributed by atoms with Gasteiger partial charge in [0, 0.05) is 11.6 Å². The number of nitrogens with two attached hydrogens (primary N) is 1. The van der Waals surface area contributed by atoms with Gasteiger partial charge in [0.05, 0.1) is 18.5 Å². The van der Waals surface area contributed by atoms with Gasteiger partial charge in [0.1, 0.15) is 23.9 Å². The van der Waals surface area contributed by atoms with Crippen LogP contribution in [0.15, 0.2) is 36.4 Å². The first-order valence-corrected chi connectivity index (χ1v) is 6.16. The largest absolute Gasteiger partial charge is 0.397 e. The van der Waals surface area contributed by atoms with Crippen molar-refractivity contribution in [2.24, 2.45) is 0 Å². The quantitative estimate of drug-likeness (QED) is 0.508. The monoisotopic (exact) mass is 282 g/mol. The summed E-state index contributed by atoms with van der Waals surface area (Å²) in [6.45, 7) is 0. The lowest BCUT2D eigenvalue weighted by Crippen LogP contribution is -1.95. The molecule has 0 saturated carbocycles. The molecule has 2 rings (SSSR count). The Hall–Kier alpha value is -1.79. The van der Waals surface area contributed by atoms with Crippen molar-refractivity contribution in [2.45, 2.75) is 0 Å². The molecule has 3 N–H and O–H groups in total. The third-order valence-corrected chi connectivity index (χ3v) is 3.00. The van der Waals surface area contributed by atoms with Gasteiger partial charge in [-0.1, -0.05) is 6.07 Å². The van der Waals surface area contributed by atoms with Crippen LogP contribution >= 0.6 is 12.2 Å². The second-order valence-corrected chi connectivity index (χ2v) is 4.48. The van der Waals surface area contributed by atoms with Gasteiger partial charge in [-0.3, -0.25) is 0 Å². The lowest BCUT2D eigenvalue weighted by atomic mass is 10.0. The van der Waals surface area contributed by atoms with Crippen LogP contribution in [0.5, 0.6) is 0 Å². The molecule has 100 valence electrons. The molecule has 2 aromatic rings. The van der Waals surface area contributed by atoms with E-state index in [4.69, 9.17) is 9.92 Å². The summed E-state index contributed by atoms with van der Waals surface area (Å²) < 4.78 is 34.2. The van der Waals surface area contributed by atoms with E-state index in [1.165, 1.54) is 19.2 Å². The van der Waals surface area contributed by atoms with E-state index in [0.717, 1.165) is 18.3 Å². The zero-order valence-electron chi connectivity index (χ0n) is 10.1. The van der Waals surface area contributed by atoms with Crippen LogP contribution in [0.3, 0.4) is 0 Å². The van der Waals surface area contributed by atoms with E-state index in [-0.39, 0.29) is 0 Å². The lowest BCUT2D eigenvalue weighted by molar-refractivity contribution is 0.492. The highest BCUT2D eigenvalue weighted by Crippen LogP contribution is 2.30.